The zero-order valence-electron chi connectivity index (χ0n) is 17.6. The van der Waals surface area contributed by atoms with E-state index in [4.69, 9.17) is 0 Å². The van der Waals surface area contributed by atoms with Crippen LogP contribution in [0.1, 0.15) is 84.5 Å². The summed E-state index contributed by atoms with van der Waals surface area (Å²) in [5.41, 5.74) is 0.873. The Labute approximate surface area is 170 Å². The van der Waals surface area contributed by atoms with E-state index in [-0.39, 0.29) is 39.9 Å². The summed E-state index contributed by atoms with van der Waals surface area (Å²) in [6.07, 6.45) is -0.00787. The standard InChI is InChI=1S/C23H28O6/c1-22(2,3)14-8-12(18(24)16(10-14)20(26)27)7-13-9-15(23(4,5)6)11-17(19(13)25)21(28)29/h8-11,24-25H,7H2,1-6H3,(H,26,27)(H,28,29). The third-order valence-corrected chi connectivity index (χ3v) is 4.95. The van der Waals surface area contributed by atoms with E-state index < -0.39 is 11.9 Å². The maximum atomic E-state index is 11.6. The fraction of sp³-hybridized carbons (Fsp3) is 0.391. The van der Waals surface area contributed by atoms with Gasteiger partial charge in [0.25, 0.3) is 0 Å². The van der Waals surface area contributed by atoms with E-state index in [9.17, 15) is 30.0 Å². The highest BCUT2D eigenvalue weighted by atomic mass is 16.4. The molecule has 29 heavy (non-hydrogen) atoms. The van der Waals surface area contributed by atoms with E-state index in [1.807, 2.05) is 41.5 Å². The average Bonchev–Trinajstić information content (AvgIpc) is 2.55. The fourth-order valence-corrected chi connectivity index (χ4v) is 3.06. The van der Waals surface area contributed by atoms with Crippen molar-refractivity contribution in [3.8, 4) is 11.5 Å². The SMILES string of the molecule is CC(C)(C)c1cc(Cc2cc(C(C)(C)C)cc(C(=O)O)c2O)c(O)c(C(=O)O)c1. The number of carbonyl (C=O) groups is 2. The summed E-state index contributed by atoms with van der Waals surface area (Å²) in [7, 11) is 0. The molecular formula is C23H28O6. The van der Waals surface area contributed by atoms with Crippen LogP contribution in [0.4, 0.5) is 0 Å². The quantitative estimate of drug-likeness (QED) is 0.592. The van der Waals surface area contributed by atoms with Gasteiger partial charge in [-0.3, -0.25) is 0 Å². The van der Waals surface area contributed by atoms with Crippen LogP contribution in [0.25, 0.3) is 0 Å². The molecule has 0 fully saturated rings. The van der Waals surface area contributed by atoms with E-state index >= 15 is 0 Å². The minimum absolute atomic E-state index is 0.00787. The number of carboxylic acid groups (broad SMARTS) is 2. The van der Waals surface area contributed by atoms with Gasteiger partial charge in [-0.2, -0.15) is 0 Å². The van der Waals surface area contributed by atoms with Crippen LogP contribution in [0.2, 0.25) is 0 Å². The molecule has 2 rings (SSSR count). The lowest BCUT2D eigenvalue weighted by atomic mass is 9.82. The van der Waals surface area contributed by atoms with E-state index in [2.05, 4.69) is 0 Å². The van der Waals surface area contributed by atoms with Crippen molar-refractivity contribution in [2.45, 2.75) is 58.8 Å². The lowest BCUT2D eigenvalue weighted by molar-refractivity contribution is 0.0682. The minimum atomic E-state index is -1.26. The first kappa shape index (κ1) is 22.3. The Morgan fingerprint density at radius 2 is 1.00 bits per heavy atom. The summed E-state index contributed by atoms with van der Waals surface area (Å²) in [5.74, 6) is -3.28. The number of hydrogen-bond donors (Lipinski definition) is 4. The van der Waals surface area contributed by atoms with Crippen LogP contribution in [-0.4, -0.2) is 32.4 Å². The monoisotopic (exact) mass is 400 g/mol. The molecule has 0 spiro atoms. The summed E-state index contributed by atoms with van der Waals surface area (Å²) in [4.78, 5) is 23.2. The first-order valence-corrected chi connectivity index (χ1v) is 9.32. The van der Waals surface area contributed by atoms with E-state index in [1.165, 1.54) is 12.1 Å². The minimum Gasteiger partial charge on any atom is -0.507 e. The van der Waals surface area contributed by atoms with Gasteiger partial charge in [0.1, 0.15) is 22.6 Å². The van der Waals surface area contributed by atoms with Crippen LogP contribution in [0.3, 0.4) is 0 Å². The first-order chi connectivity index (χ1) is 13.1. The summed E-state index contributed by atoms with van der Waals surface area (Å²) in [6, 6.07) is 6.28. The Balaban J connectivity index is 2.73. The molecule has 0 aliphatic heterocycles. The maximum absolute atomic E-state index is 11.6. The molecular weight excluding hydrogens is 372 g/mol. The normalized spacial score (nSPS) is 12.1. The van der Waals surface area contributed by atoms with Crippen molar-refractivity contribution in [2.75, 3.05) is 0 Å². The predicted molar refractivity (Wildman–Crippen MR) is 110 cm³/mol. The zero-order chi connectivity index (χ0) is 22.3. The van der Waals surface area contributed by atoms with Gasteiger partial charge in [-0.1, -0.05) is 53.7 Å². The number of rotatable bonds is 4. The van der Waals surface area contributed by atoms with Crippen LogP contribution in [0, 0.1) is 0 Å². The van der Waals surface area contributed by atoms with Crippen molar-refractivity contribution >= 4 is 11.9 Å². The molecule has 156 valence electrons. The van der Waals surface area contributed by atoms with Crippen LogP contribution >= 0.6 is 0 Å². The van der Waals surface area contributed by atoms with Gasteiger partial charge in [0.2, 0.25) is 0 Å². The van der Waals surface area contributed by atoms with E-state index in [1.54, 1.807) is 12.1 Å². The van der Waals surface area contributed by atoms with Crippen molar-refractivity contribution in [2.24, 2.45) is 0 Å². The molecule has 0 amide bonds. The van der Waals surface area contributed by atoms with E-state index in [0.29, 0.717) is 22.3 Å². The highest BCUT2D eigenvalue weighted by molar-refractivity contribution is 5.92. The second-order valence-electron chi connectivity index (χ2n) is 9.35. The summed E-state index contributed by atoms with van der Waals surface area (Å²) in [6.45, 7) is 11.6. The van der Waals surface area contributed by atoms with Crippen molar-refractivity contribution in [3.05, 3.63) is 57.6 Å². The third kappa shape index (κ3) is 4.70. The van der Waals surface area contributed by atoms with Crippen LogP contribution < -0.4 is 0 Å². The Bertz CT molecular complexity index is 895. The van der Waals surface area contributed by atoms with Crippen molar-refractivity contribution < 1.29 is 30.0 Å². The smallest absolute Gasteiger partial charge is 0.339 e. The lowest BCUT2D eigenvalue weighted by Crippen LogP contribution is -2.15. The largest absolute Gasteiger partial charge is 0.507 e. The maximum Gasteiger partial charge on any atom is 0.339 e. The predicted octanol–water partition coefficient (Wildman–Crippen LogP) is 4.68. The second-order valence-corrected chi connectivity index (χ2v) is 9.35. The number of hydrogen-bond acceptors (Lipinski definition) is 4. The number of phenols is 2. The molecule has 0 saturated heterocycles. The highest BCUT2D eigenvalue weighted by Crippen LogP contribution is 2.36. The molecule has 6 nitrogen and oxygen atoms in total. The van der Waals surface area contributed by atoms with E-state index in [0.717, 1.165) is 0 Å². The van der Waals surface area contributed by atoms with Crippen molar-refractivity contribution in [1.82, 2.24) is 0 Å². The molecule has 0 heterocycles. The topological polar surface area (TPSA) is 115 Å². The molecule has 0 saturated carbocycles. The Kier molecular flexibility index (Phi) is 5.70. The summed E-state index contributed by atoms with van der Waals surface area (Å²) >= 11 is 0. The molecule has 0 aliphatic rings. The molecule has 2 aromatic rings. The Morgan fingerprint density at radius 3 is 1.24 bits per heavy atom. The Morgan fingerprint density at radius 1 is 0.690 bits per heavy atom. The van der Waals surface area contributed by atoms with Crippen molar-refractivity contribution in [1.29, 1.82) is 0 Å². The molecule has 4 N–H and O–H groups in total. The Hall–Kier alpha value is -3.02. The summed E-state index contributed by atoms with van der Waals surface area (Å²) in [5, 5.41) is 40.0. The first-order valence-electron chi connectivity index (χ1n) is 9.32. The highest BCUT2D eigenvalue weighted by Gasteiger charge is 2.25. The zero-order valence-corrected chi connectivity index (χ0v) is 17.6. The van der Waals surface area contributed by atoms with Crippen molar-refractivity contribution in [3.63, 3.8) is 0 Å². The number of carboxylic acids is 2. The van der Waals surface area contributed by atoms with Gasteiger partial charge in [-0.25, -0.2) is 9.59 Å². The lowest BCUT2D eigenvalue weighted by Gasteiger charge is -2.23. The second kappa shape index (κ2) is 7.43. The molecule has 0 atom stereocenters. The van der Waals surface area contributed by atoms with Gasteiger partial charge in [0.05, 0.1) is 0 Å². The molecule has 0 aliphatic carbocycles. The molecule has 6 heteroatoms. The molecule has 0 unspecified atom stereocenters. The average molecular weight is 400 g/mol. The molecule has 0 bridgehead atoms. The van der Waals surface area contributed by atoms with Crippen LogP contribution in [0.15, 0.2) is 24.3 Å². The summed E-state index contributed by atoms with van der Waals surface area (Å²) < 4.78 is 0. The molecule has 0 aromatic heterocycles. The van der Waals surface area contributed by atoms with Gasteiger partial charge in [-0.15, -0.1) is 0 Å². The van der Waals surface area contributed by atoms with Gasteiger partial charge in [0.15, 0.2) is 0 Å². The van der Waals surface area contributed by atoms with Gasteiger partial charge < -0.3 is 20.4 Å². The van der Waals surface area contributed by atoms with Gasteiger partial charge >= 0.3 is 11.9 Å². The van der Waals surface area contributed by atoms with Crippen LogP contribution in [0.5, 0.6) is 11.5 Å². The number of aromatic carboxylic acids is 2. The van der Waals surface area contributed by atoms with Gasteiger partial charge in [0, 0.05) is 6.42 Å². The third-order valence-electron chi connectivity index (χ3n) is 4.95. The molecule has 0 radical (unpaired) electrons. The van der Waals surface area contributed by atoms with Crippen LogP contribution in [-0.2, 0) is 17.3 Å². The number of aromatic hydroxyl groups is 2. The fourth-order valence-electron chi connectivity index (χ4n) is 3.06. The van der Waals surface area contributed by atoms with Gasteiger partial charge in [-0.05, 0) is 45.2 Å². The molecule has 2 aromatic carbocycles. The number of benzene rings is 2.